The van der Waals surface area contributed by atoms with Crippen LogP contribution in [0.4, 0.5) is 0 Å². The smallest absolute Gasteiger partial charge is 0.323 e. The second-order valence-corrected chi connectivity index (χ2v) is 4.69. The van der Waals surface area contributed by atoms with E-state index < -0.39 is 11.8 Å². The minimum absolute atomic E-state index is 0.537. The lowest BCUT2D eigenvalue weighted by molar-refractivity contribution is -0.142. The Labute approximate surface area is 109 Å². The SMILES string of the molecule is CCCCCNC(=O)C(=O)NN1CCN(C)CC1. The van der Waals surface area contributed by atoms with Gasteiger partial charge in [-0.2, -0.15) is 0 Å². The molecule has 0 aromatic carbocycles. The van der Waals surface area contributed by atoms with Crippen molar-refractivity contribution in [3.05, 3.63) is 0 Å². The number of piperazine rings is 1. The topological polar surface area (TPSA) is 64.7 Å². The Balaban J connectivity index is 2.17. The Morgan fingerprint density at radius 3 is 2.33 bits per heavy atom. The Hall–Kier alpha value is -1.14. The lowest BCUT2D eigenvalue weighted by Crippen LogP contribution is -2.55. The van der Waals surface area contributed by atoms with Gasteiger partial charge in [0.25, 0.3) is 0 Å². The first-order valence-corrected chi connectivity index (χ1v) is 6.65. The number of likely N-dealkylation sites (N-methyl/N-ethyl adjacent to an activating group) is 1. The fraction of sp³-hybridized carbons (Fsp3) is 0.833. The quantitative estimate of drug-likeness (QED) is 0.517. The summed E-state index contributed by atoms with van der Waals surface area (Å²) in [5, 5.41) is 4.43. The lowest BCUT2D eigenvalue weighted by Gasteiger charge is -2.32. The summed E-state index contributed by atoms with van der Waals surface area (Å²) in [4.78, 5) is 25.3. The monoisotopic (exact) mass is 256 g/mol. The summed E-state index contributed by atoms with van der Waals surface area (Å²) in [5.41, 5.74) is 2.64. The van der Waals surface area contributed by atoms with Gasteiger partial charge in [-0.3, -0.25) is 15.0 Å². The zero-order chi connectivity index (χ0) is 13.4. The van der Waals surface area contributed by atoms with Crippen molar-refractivity contribution in [2.45, 2.75) is 26.2 Å². The van der Waals surface area contributed by atoms with Crippen LogP contribution in [0.1, 0.15) is 26.2 Å². The fourth-order valence-corrected chi connectivity index (χ4v) is 1.77. The highest BCUT2D eigenvalue weighted by molar-refractivity contribution is 6.34. The summed E-state index contributed by atoms with van der Waals surface area (Å²) in [5.74, 6) is -1.10. The molecule has 0 spiro atoms. The zero-order valence-corrected chi connectivity index (χ0v) is 11.4. The highest BCUT2D eigenvalue weighted by Crippen LogP contribution is 1.95. The molecule has 0 saturated carbocycles. The van der Waals surface area contributed by atoms with E-state index in [-0.39, 0.29) is 0 Å². The van der Waals surface area contributed by atoms with Crippen LogP contribution >= 0.6 is 0 Å². The number of carbonyl (C=O) groups excluding carboxylic acids is 2. The molecule has 1 aliphatic rings. The number of amides is 2. The molecule has 6 heteroatoms. The summed E-state index contributed by atoms with van der Waals surface area (Å²) >= 11 is 0. The molecular formula is C12H24N4O2. The molecule has 0 radical (unpaired) electrons. The normalized spacial score (nSPS) is 17.4. The Kier molecular flexibility index (Phi) is 6.67. The van der Waals surface area contributed by atoms with E-state index in [1.54, 1.807) is 5.01 Å². The van der Waals surface area contributed by atoms with Gasteiger partial charge in [0.1, 0.15) is 0 Å². The van der Waals surface area contributed by atoms with Gasteiger partial charge in [-0.05, 0) is 13.5 Å². The van der Waals surface area contributed by atoms with E-state index in [2.05, 4.69) is 22.6 Å². The van der Waals surface area contributed by atoms with Crippen molar-refractivity contribution in [1.29, 1.82) is 0 Å². The van der Waals surface area contributed by atoms with Crippen LogP contribution in [-0.2, 0) is 9.59 Å². The molecule has 2 amide bonds. The molecule has 0 atom stereocenters. The molecule has 0 aliphatic carbocycles. The predicted molar refractivity (Wildman–Crippen MR) is 69.7 cm³/mol. The molecule has 0 aromatic heterocycles. The van der Waals surface area contributed by atoms with Gasteiger partial charge in [0.15, 0.2) is 0 Å². The third-order valence-corrected chi connectivity index (χ3v) is 3.04. The van der Waals surface area contributed by atoms with Gasteiger partial charge >= 0.3 is 11.8 Å². The molecule has 6 nitrogen and oxygen atoms in total. The molecule has 0 bridgehead atoms. The van der Waals surface area contributed by atoms with Crippen molar-refractivity contribution in [3.63, 3.8) is 0 Å². The minimum atomic E-state index is -0.559. The molecule has 1 fully saturated rings. The van der Waals surface area contributed by atoms with Crippen LogP contribution in [0, 0.1) is 0 Å². The summed E-state index contributed by atoms with van der Waals surface area (Å²) in [6.45, 7) is 5.98. The number of unbranched alkanes of at least 4 members (excludes halogenated alkanes) is 2. The third-order valence-electron chi connectivity index (χ3n) is 3.04. The van der Waals surface area contributed by atoms with Crippen LogP contribution in [0.5, 0.6) is 0 Å². The first kappa shape index (κ1) is 14.9. The molecule has 0 aromatic rings. The van der Waals surface area contributed by atoms with Crippen LogP contribution in [0.2, 0.25) is 0 Å². The second-order valence-electron chi connectivity index (χ2n) is 4.69. The minimum Gasteiger partial charge on any atom is -0.348 e. The fourth-order valence-electron chi connectivity index (χ4n) is 1.77. The molecule has 1 rings (SSSR count). The molecule has 18 heavy (non-hydrogen) atoms. The van der Waals surface area contributed by atoms with Crippen molar-refractivity contribution in [3.8, 4) is 0 Å². The first-order valence-electron chi connectivity index (χ1n) is 6.65. The van der Waals surface area contributed by atoms with E-state index >= 15 is 0 Å². The van der Waals surface area contributed by atoms with E-state index in [0.29, 0.717) is 6.54 Å². The Morgan fingerprint density at radius 2 is 1.72 bits per heavy atom. The number of nitrogens with one attached hydrogen (secondary N) is 2. The highest BCUT2D eigenvalue weighted by Gasteiger charge is 2.19. The molecule has 1 saturated heterocycles. The maximum atomic E-state index is 11.6. The van der Waals surface area contributed by atoms with Gasteiger partial charge < -0.3 is 10.2 Å². The van der Waals surface area contributed by atoms with Crippen molar-refractivity contribution in [1.82, 2.24) is 20.7 Å². The van der Waals surface area contributed by atoms with Crippen molar-refractivity contribution >= 4 is 11.8 Å². The number of carbonyl (C=O) groups is 2. The van der Waals surface area contributed by atoms with Gasteiger partial charge in [-0.1, -0.05) is 19.8 Å². The first-order chi connectivity index (χ1) is 8.63. The second kappa shape index (κ2) is 8.05. The van der Waals surface area contributed by atoms with Crippen molar-refractivity contribution in [2.24, 2.45) is 0 Å². The Bertz CT molecular complexity index is 275. The van der Waals surface area contributed by atoms with Gasteiger partial charge in [-0.25, -0.2) is 5.01 Å². The van der Waals surface area contributed by atoms with Gasteiger partial charge in [-0.15, -0.1) is 0 Å². The van der Waals surface area contributed by atoms with Crippen LogP contribution < -0.4 is 10.7 Å². The maximum absolute atomic E-state index is 11.6. The van der Waals surface area contributed by atoms with E-state index in [1.807, 2.05) is 7.05 Å². The lowest BCUT2D eigenvalue weighted by atomic mass is 10.2. The van der Waals surface area contributed by atoms with E-state index in [1.165, 1.54) is 0 Å². The number of hydrogen-bond donors (Lipinski definition) is 2. The highest BCUT2D eigenvalue weighted by atomic mass is 16.2. The molecule has 1 aliphatic heterocycles. The summed E-state index contributed by atoms with van der Waals surface area (Å²) in [6, 6.07) is 0. The van der Waals surface area contributed by atoms with Gasteiger partial charge in [0, 0.05) is 32.7 Å². The summed E-state index contributed by atoms with van der Waals surface area (Å²) in [6.07, 6.45) is 3.09. The Morgan fingerprint density at radius 1 is 1.06 bits per heavy atom. The van der Waals surface area contributed by atoms with E-state index in [4.69, 9.17) is 0 Å². The largest absolute Gasteiger partial charge is 0.348 e. The number of rotatable bonds is 5. The molecule has 0 unspecified atom stereocenters. The zero-order valence-electron chi connectivity index (χ0n) is 11.4. The maximum Gasteiger partial charge on any atom is 0.323 e. The number of nitrogens with zero attached hydrogens (tertiary/aromatic N) is 2. The third kappa shape index (κ3) is 5.46. The van der Waals surface area contributed by atoms with Crippen LogP contribution in [0.3, 0.4) is 0 Å². The van der Waals surface area contributed by atoms with Crippen LogP contribution in [-0.4, -0.2) is 61.5 Å². The summed E-state index contributed by atoms with van der Waals surface area (Å²) < 4.78 is 0. The van der Waals surface area contributed by atoms with Crippen molar-refractivity contribution in [2.75, 3.05) is 39.8 Å². The van der Waals surface area contributed by atoms with Crippen LogP contribution in [0.15, 0.2) is 0 Å². The number of hydrogen-bond acceptors (Lipinski definition) is 4. The van der Waals surface area contributed by atoms with E-state index in [9.17, 15) is 9.59 Å². The van der Waals surface area contributed by atoms with Gasteiger partial charge in [0.05, 0.1) is 0 Å². The predicted octanol–water partition coefficient (Wildman–Crippen LogP) is -0.429. The average Bonchev–Trinajstić information content (AvgIpc) is 2.37. The number of hydrazine groups is 1. The summed E-state index contributed by atoms with van der Waals surface area (Å²) in [7, 11) is 2.04. The van der Waals surface area contributed by atoms with Crippen LogP contribution in [0.25, 0.3) is 0 Å². The van der Waals surface area contributed by atoms with Gasteiger partial charge in [0.2, 0.25) is 0 Å². The standard InChI is InChI=1S/C12H24N4O2/c1-3-4-5-6-13-11(17)12(18)14-16-9-7-15(2)8-10-16/h3-10H2,1-2H3,(H,13,17)(H,14,18). The van der Waals surface area contributed by atoms with E-state index in [0.717, 1.165) is 45.4 Å². The van der Waals surface area contributed by atoms with Crippen molar-refractivity contribution < 1.29 is 9.59 Å². The molecule has 2 N–H and O–H groups in total. The molecular weight excluding hydrogens is 232 g/mol. The molecule has 1 heterocycles. The molecule has 104 valence electrons. The average molecular weight is 256 g/mol.